The monoisotopic (exact) mass is 373 g/mol. The first-order valence-corrected chi connectivity index (χ1v) is 10.4. The Hall–Kier alpha value is -1.82. The molecule has 0 aliphatic heterocycles. The van der Waals surface area contributed by atoms with Gasteiger partial charge in [-0.25, -0.2) is 4.98 Å². The second-order valence-electron chi connectivity index (χ2n) is 7.10. The molecule has 3 atom stereocenters. The molecule has 1 N–H and O–H groups in total. The summed E-state index contributed by atoms with van der Waals surface area (Å²) in [4.78, 5) is 30.0. The minimum Gasteiger partial charge on any atom is -0.352 e. The van der Waals surface area contributed by atoms with Crippen molar-refractivity contribution in [1.82, 2.24) is 14.9 Å². The van der Waals surface area contributed by atoms with Gasteiger partial charge in [-0.05, 0) is 44.7 Å². The smallest absolute Gasteiger partial charge is 0.262 e. The Morgan fingerprint density at radius 3 is 2.81 bits per heavy atom. The fourth-order valence-electron chi connectivity index (χ4n) is 3.56. The molecule has 3 rings (SSSR count). The Balaban J connectivity index is 1.79. The first-order chi connectivity index (χ1) is 12.5. The molecule has 2 aromatic rings. The maximum Gasteiger partial charge on any atom is 0.262 e. The molecule has 0 saturated heterocycles. The van der Waals surface area contributed by atoms with Crippen LogP contribution in [-0.2, 0) is 11.3 Å². The lowest BCUT2D eigenvalue weighted by molar-refractivity contribution is -0.121. The molecule has 1 aliphatic carbocycles. The Labute approximate surface area is 158 Å². The van der Waals surface area contributed by atoms with Gasteiger partial charge in [0.05, 0.1) is 16.2 Å². The van der Waals surface area contributed by atoms with E-state index in [2.05, 4.69) is 17.2 Å². The van der Waals surface area contributed by atoms with E-state index in [9.17, 15) is 9.59 Å². The largest absolute Gasteiger partial charge is 0.352 e. The van der Waals surface area contributed by atoms with Crippen LogP contribution in [-0.4, -0.2) is 26.8 Å². The number of para-hydroxylation sites is 1. The highest BCUT2D eigenvalue weighted by Crippen LogP contribution is 2.26. The molecular weight excluding hydrogens is 346 g/mol. The average Bonchev–Trinajstić information content (AvgIpc) is 2.64. The van der Waals surface area contributed by atoms with Gasteiger partial charge in [0.25, 0.3) is 5.56 Å². The van der Waals surface area contributed by atoms with E-state index in [-0.39, 0.29) is 22.8 Å². The van der Waals surface area contributed by atoms with E-state index in [0.29, 0.717) is 28.5 Å². The summed E-state index contributed by atoms with van der Waals surface area (Å²) in [5.74, 6) is 0.552. The lowest BCUT2D eigenvalue weighted by atomic mass is 9.86. The van der Waals surface area contributed by atoms with Gasteiger partial charge in [0, 0.05) is 12.6 Å². The lowest BCUT2D eigenvalue weighted by Crippen LogP contribution is -2.44. The number of carbonyl (C=O) groups excluding carboxylic acids is 1. The molecule has 1 aliphatic rings. The van der Waals surface area contributed by atoms with E-state index in [1.54, 1.807) is 10.6 Å². The van der Waals surface area contributed by atoms with E-state index in [4.69, 9.17) is 0 Å². The van der Waals surface area contributed by atoms with Gasteiger partial charge in [-0.1, -0.05) is 43.7 Å². The quantitative estimate of drug-likeness (QED) is 0.643. The molecule has 0 radical (unpaired) electrons. The second kappa shape index (κ2) is 8.25. The van der Waals surface area contributed by atoms with Crippen LogP contribution in [0, 0.1) is 5.92 Å². The van der Waals surface area contributed by atoms with Gasteiger partial charge in [0.15, 0.2) is 5.16 Å². The number of nitrogens with one attached hydrogen (secondary N) is 1. The molecule has 140 valence electrons. The molecule has 1 fully saturated rings. The lowest BCUT2D eigenvalue weighted by Gasteiger charge is -2.30. The molecule has 0 bridgehead atoms. The molecule has 1 heterocycles. The van der Waals surface area contributed by atoms with E-state index in [0.717, 1.165) is 6.42 Å². The third-order valence-corrected chi connectivity index (χ3v) is 6.32. The number of hydrogen-bond donors (Lipinski definition) is 1. The molecule has 1 aromatic heterocycles. The molecule has 1 amide bonds. The van der Waals surface area contributed by atoms with Crippen LogP contribution in [0.4, 0.5) is 0 Å². The predicted molar refractivity (Wildman–Crippen MR) is 107 cm³/mol. The summed E-state index contributed by atoms with van der Waals surface area (Å²) >= 11 is 1.36. The molecule has 6 heteroatoms. The summed E-state index contributed by atoms with van der Waals surface area (Å²) in [5.41, 5.74) is 0.632. The highest BCUT2D eigenvalue weighted by Gasteiger charge is 2.26. The van der Waals surface area contributed by atoms with Gasteiger partial charge in [-0.3, -0.25) is 14.2 Å². The third kappa shape index (κ3) is 3.95. The minimum atomic E-state index is -0.296. The van der Waals surface area contributed by atoms with Crippen LogP contribution in [0.1, 0.15) is 46.5 Å². The molecule has 5 nitrogen and oxygen atoms in total. The Morgan fingerprint density at radius 1 is 1.35 bits per heavy atom. The van der Waals surface area contributed by atoms with Crippen molar-refractivity contribution in [2.45, 2.75) is 69.4 Å². The van der Waals surface area contributed by atoms with Crippen molar-refractivity contribution in [3.8, 4) is 0 Å². The van der Waals surface area contributed by atoms with Gasteiger partial charge >= 0.3 is 0 Å². The fraction of sp³-hybridized carbons (Fsp3) is 0.550. The summed E-state index contributed by atoms with van der Waals surface area (Å²) in [7, 11) is 0. The van der Waals surface area contributed by atoms with Crippen molar-refractivity contribution < 1.29 is 4.79 Å². The van der Waals surface area contributed by atoms with Crippen molar-refractivity contribution >= 4 is 28.6 Å². The number of aromatic nitrogens is 2. The SMILES string of the molecule is CCn1c(S[C@@H](C)C(=O)N[C@H]2CCCC[C@@H]2C)nc2ccccc2c1=O. The average molecular weight is 374 g/mol. The number of rotatable bonds is 5. The fourth-order valence-corrected chi connectivity index (χ4v) is 4.54. The maximum atomic E-state index is 12.7. The Morgan fingerprint density at radius 2 is 2.08 bits per heavy atom. The van der Waals surface area contributed by atoms with Gasteiger partial charge < -0.3 is 5.32 Å². The summed E-state index contributed by atoms with van der Waals surface area (Å²) in [6, 6.07) is 7.62. The first-order valence-electron chi connectivity index (χ1n) is 9.48. The summed E-state index contributed by atoms with van der Waals surface area (Å²) in [6.45, 7) is 6.56. The molecule has 26 heavy (non-hydrogen) atoms. The zero-order valence-electron chi connectivity index (χ0n) is 15.7. The summed E-state index contributed by atoms with van der Waals surface area (Å²) < 4.78 is 1.65. The number of thioether (sulfide) groups is 1. The molecule has 1 aromatic carbocycles. The van der Waals surface area contributed by atoms with Crippen molar-refractivity contribution in [2.24, 2.45) is 5.92 Å². The number of amides is 1. The molecule has 0 spiro atoms. The summed E-state index contributed by atoms with van der Waals surface area (Å²) in [6.07, 6.45) is 4.66. The number of hydrogen-bond acceptors (Lipinski definition) is 4. The van der Waals surface area contributed by atoms with Gasteiger partial charge in [-0.2, -0.15) is 0 Å². The molecule has 1 saturated carbocycles. The number of benzene rings is 1. The Kier molecular flexibility index (Phi) is 6.01. The highest BCUT2D eigenvalue weighted by atomic mass is 32.2. The summed E-state index contributed by atoms with van der Waals surface area (Å²) in [5, 5.41) is 4.13. The van der Waals surface area contributed by atoms with Crippen LogP contribution in [0.5, 0.6) is 0 Å². The predicted octanol–water partition coefficient (Wildman–Crippen LogP) is 3.59. The van der Waals surface area contributed by atoms with Crippen molar-refractivity contribution in [3.63, 3.8) is 0 Å². The van der Waals surface area contributed by atoms with Crippen molar-refractivity contribution in [1.29, 1.82) is 0 Å². The highest BCUT2D eigenvalue weighted by molar-refractivity contribution is 8.00. The zero-order valence-corrected chi connectivity index (χ0v) is 16.5. The van der Waals surface area contributed by atoms with E-state index in [1.165, 1.54) is 31.0 Å². The van der Waals surface area contributed by atoms with E-state index < -0.39 is 0 Å². The molecule has 0 unspecified atom stereocenters. The number of carbonyl (C=O) groups is 1. The minimum absolute atomic E-state index is 0.0267. The van der Waals surface area contributed by atoms with Crippen LogP contribution in [0.15, 0.2) is 34.2 Å². The Bertz CT molecular complexity index is 849. The van der Waals surface area contributed by atoms with E-state index in [1.807, 2.05) is 32.0 Å². The van der Waals surface area contributed by atoms with Crippen LogP contribution in [0.2, 0.25) is 0 Å². The third-order valence-electron chi connectivity index (χ3n) is 5.23. The van der Waals surface area contributed by atoms with Crippen molar-refractivity contribution in [2.75, 3.05) is 0 Å². The first kappa shape index (κ1) is 19.0. The van der Waals surface area contributed by atoms with Crippen LogP contribution in [0.3, 0.4) is 0 Å². The normalized spacial score (nSPS) is 21.5. The van der Waals surface area contributed by atoms with Gasteiger partial charge in [-0.15, -0.1) is 0 Å². The van der Waals surface area contributed by atoms with Crippen LogP contribution >= 0.6 is 11.8 Å². The maximum absolute atomic E-state index is 12.7. The topological polar surface area (TPSA) is 64.0 Å². The van der Waals surface area contributed by atoms with Gasteiger partial charge in [0.2, 0.25) is 5.91 Å². The zero-order chi connectivity index (χ0) is 18.7. The standard InChI is InChI=1S/C20H27N3O2S/c1-4-23-19(25)15-10-6-8-12-17(15)22-20(23)26-14(3)18(24)21-16-11-7-5-9-13(16)2/h6,8,10,12-14,16H,4-5,7,9,11H2,1-3H3,(H,21,24)/t13-,14-,16-/m0/s1. The molecular formula is C20H27N3O2S. The number of nitrogens with zero attached hydrogens (tertiary/aromatic N) is 2. The van der Waals surface area contributed by atoms with Crippen molar-refractivity contribution in [3.05, 3.63) is 34.6 Å². The number of fused-ring (bicyclic) bond motifs is 1. The van der Waals surface area contributed by atoms with Crippen LogP contribution < -0.4 is 10.9 Å². The van der Waals surface area contributed by atoms with E-state index >= 15 is 0 Å². The van der Waals surface area contributed by atoms with Gasteiger partial charge in [0.1, 0.15) is 0 Å². The van der Waals surface area contributed by atoms with Crippen LogP contribution in [0.25, 0.3) is 10.9 Å². The second-order valence-corrected chi connectivity index (χ2v) is 8.41.